The highest BCUT2D eigenvalue weighted by atomic mass is 16.5. The van der Waals surface area contributed by atoms with Crippen molar-refractivity contribution in [3.8, 4) is 11.5 Å². The van der Waals surface area contributed by atoms with Crippen molar-refractivity contribution in [3.63, 3.8) is 0 Å². The Labute approximate surface area is 212 Å². The topological polar surface area (TPSA) is 51.1 Å². The number of amides is 1. The van der Waals surface area contributed by atoms with E-state index in [1.54, 1.807) is 7.11 Å². The maximum Gasteiger partial charge on any atom is 0.253 e. The molecule has 0 bridgehead atoms. The van der Waals surface area contributed by atoms with Gasteiger partial charge in [-0.25, -0.2) is 0 Å². The molecule has 1 amide bonds. The summed E-state index contributed by atoms with van der Waals surface area (Å²) in [5.41, 5.74) is 3.57. The summed E-state index contributed by atoms with van der Waals surface area (Å²) in [7, 11) is 1.63. The lowest BCUT2D eigenvalue weighted by molar-refractivity contribution is 0.0724. The first-order chi connectivity index (χ1) is 17.7. The quantitative estimate of drug-likeness (QED) is 0.274. The number of carbonyl (C=O) groups excluding carboxylic acids is 1. The molecule has 182 valence electrons. The van der Waals surface area contributed by atoms with Crippen LogP contribution in [-0.2, 0) is 6.61 Å². The van der Waals surface area contributed by atoms with Crippen molar-refractivity contribution >= 4 is 28.6 Å². The summed E-state index contributed by atoms with van der Waals surface area (Å²) in [4.78, 5) is 19.3. The van der Waals surface area contributed by atoms with E-state index in [4.69, 9.17) is 14.5 Å². The summed E-state index contributed by atoms with van der Waals surface area (Å²) < 4.78 is 11.6. The van der Waals surface area contributed by atoms with E-state index in [1.807, 2.05) is 77.8 Å². The second kappa shape index (κ2) is 11.1. The third-order valence-electron chi connectivity index (χ3n) is 6.55. The Balaban J connectivity index is 1.24. The Bertz CT molecular complexity index is 1370. The summed E-state index contributed by atoms with van der Waals surface area (Å²) >= 11 is 0. The van der Waals surface area contributed by atoms with Gasteiger partial charge in [0.05, 0.1) is 12.8 Å². The minimum atomic E-state index is 0.115. The fraction of sp³-hybridized carbons (Fsp3) is 0.226. The molecule has 5 heteroatoms. The zero-order valence-electron chi connectivity index (χ0n) is 20.5. The molecule has 0 atom stereocenters. The Kier molecular flexibility index (Phi) is 7.27. The molecule has 0 saturated carbocycles. The number of piperidine rings is 1. The van der Waals surface area contributed by atoms with Crippen molar-refractivity contribution < 1.29 is 14.3 Å². The molecule has 1 heterocycles. The number of nitrogens with zero attached hydrogens (tertiary/aromatic N) is 2. The number of carbonyl (C=O) groups is 1. The fourth-order valence-electron chi connectivity index (χ4n) is 4.53. The van der Waals surface area contributed by atoms with Crippen molar-refractivity contribution in [3.05, 3.63) is 102 Å². The van der Waals surface area contributed by atoms with E-state index >= 15 is 0 Å². The van der Waals surface area contributed by atoms with Gasteiger partial charge in [-0.2, -0.15) is 0 Å². The number of hydrogen-bond acceptors (Lipinski definition) is 4. The number of rotatable bonds is 7. The highest BCUT2D eigenvalue weighted by Gasteiger charge is 2.18. The first kappa shape index (κ1) is 23.6. The smallest absolute Gasteiger partial charge is 0.253 e. The van der Waals surface area contributed by atoms with Gasteiger partial charge in [-0.3, -0.25) is 9.79 Å². The van der Waals surface area contributed by atoms with Gasteiger partial charge < -0.3 is 14.4 Å². The van der Waals surface area contributed by atoms with Gasteiger partial charge in [-0.05, 0) is 72.2 Å². The average Bonchev–Trinajstić information content (AvgIpc) is 2.95. The maximum absolute atomic E-state index is 12.7. The molecule has 0 N–H and O–H groups in total. The van der Waals surface area contributed by atoms with Crippen LogP contribution in [0.2, 0.25) is 0 Å². The number of benzene rings is 4. The van der Waals surface area contributed by atoms with E-state index in [2.05, 4.69) is 18.2 Å². The number of methoxy groups -OCH3 is 1. The number of likely N-dealkylation sites (tertiary alicyclic amines) is 1. The van der Waals surface area contributed by atoms with Crippen molar-refractivity contribution in [2.24, 2.45) is 4.99 Å². The lowest BCUT2D eigenvalue weighted by Crippen LogP contribution is -2.35. The van der Waals surface area contributed by atoms with Gasteiger partial charge in [-0.1, -0.05) is 48.5 Å². The largest absolute Gasteiger partial charge is 0.493 e. The van der Waals surface area contributed by atoms with Crippen molar-refractivity contribution in [1.29, 1.82) is 0 Å². The van der Waals surface area contributed by atoms with Gasteiger partial charge in [-0.15, -0.1) is 0 Å². The van der Waals surface area contributed by atoms with Crippen LogP contribution in [0.1, 0.15) is 40.7 Å². The van der Waals surface area contributed by atoms with Gasteiger partial charge in [0.2, 0.25) is 0 Å². The van der Waals surface area contributed by atoms with Crippen molar-refractivity contribution in [2.45, 2.75) is 25.9 Å². The molecule has 1 saturated heterocycles. The van der Waals surface area contributed by atoms with Gasteiger partial charge in [0.25, 0.3) is 5.91 Å². The molecule has 36 heavy (non-hydrogen) atoms. The van der Waals surface area contributed by atoms with Gasteiger partial charge in [0, 0.05) is 30.3 Å². The molecule has 0 aliphatic carbocycles. The summed E-state index contributed by atoms with van der Waals surface area (Å²) in [5, 5.41) is 2.28. The molecule has 1 fully saturated rings. The highest BCUT2D eigenvalue weighted by Crippen LogP contribution is 2.30. The lowest BCUT2D eigenvalue weighted by atomic mass is 10.1. The molecule has 1 aliphatic heterocycles. The van der Waals surface area contributed by atoms with Crippen LogP contribution in [-0.4, -0.2) is 37.2 Å². The molecule has 0 spiro atoms. The van der Waals surface area contributed by atoms with E-state index in [-0.39, 0.29) is 5.91 Å². The van der Waals surface area contributed by atoms with Crippen LogP contribution in [0.25, 0.3) is 10.8 Å². The zero-order chi connectivity index (χ0) is 24.7. The standard InChI is InChI=1S/C31H30N2O3/c1-35-30-20-24(21-32-28-11-7-9-25-8-3-4-10-27(25)28)14-17-29(30)36-22-23-12-15-26(16-13-23)31(34)33-18-5-2-6-19-33/h3-4,7-17,20-21H,2,5-6,18-19,22H2,1H3. The number of fused-ring (bicyclic) bond motifs is 1. The molecule has 0 radical (unpaired) electrons. The lowest BCUT2D eigenvalue weighted by Gasteiger charge is -2.26. The number of ether oxygens (including phenoxy) is 2. The van der Waals surface area contributed by atoms with Crippen LogP contribution in [0.5, 0.6) is 11.5 Å². The predicted molar refractivity (Wildman–Crippen MR) is 145 cm³/mol. The van der Waals surface area contributed by atoms with E-state index in [0.29, 0.717) is 18.1 Å². The summed E-state index contributed by atoms with van der Waals surface area (Å²) in [6, 6.07) is 27.8. The van der Waals surface area contributed by atoms with Crippen molar-refractivity contribution in [2.75, 3.05) is 20.2 Å². The highest BCUT2D eigenvalue weighted by molar-refractivity contribution is 5.95. The van der Waals surface area contributed by atoms with Crippen LogP contribution in [0.3, 0.4) is 0 Å². The summed E-state index contributed by atoms with van der Waals surface area (Å²) in [6.07, 6.45) is 5.23. The second-order valence-corrected chi connectivity index (χ2v) is 9.01. The Morgan fingerprint density at radius 1 is 0.889 bits per heavy atom. The molecule has 5 nitrogen and oxygen atoms in total. The third-order valence-corrected chi connectivity index (χ3v) is 6.55. The fourth-order valence-corrected chi connectivity index (χ4v) is 4.53. The first-order valence-corrected chi connectivity index (χ1v) is 12.4. The van der Waals surface area contributed by atoms with E-state index in [9.17, 15) is 4.79 Å². The summed E-state index contributed by atoms with van der Waals surface area (Å²) in [6.45, 7) is 2.09. The molecular weight excluding hydrogens is 448 g/mol. The van der Waals surface area contributed by atoms with Crippen LogP contribution >= 0.6 is 0 Å². The normalized spacial score (nSPS) is 13.8. The third kappa shape index (κ3) is 5.41. The van der Waals surface area contributed by atoms with Gasteiger partial charge >= 0.3 is 0 Å². The van der Waals surface area contributed by atoms with Gasteiger partial charge in [0.15, 0.2) is 11.5 Å². The minimum absolute atomic E-state index is 0.115. The minimum Gasteiger partial charge on any atom is -0.493 e. The van der Waals surface area contributed by atoms with Gasteiger partial charge in [0.1, 0.15) is 6.61 Å². The van der Waals surface area contributed by atoms with Crippen LogP contribution in [0.4, 0.5) is 5.69 Å². The molecule has 4 aromatic carbocycles. The number of aliphatic imine (C=N–C) groups is 1. The maximum atomic E-state index is 12.7. The monoisotopic (exact) mass is 478 g/mol. The van der Waals surface area contributed by atoms with Crippen LogP contribution in [0.15, 0.2) is 89.9 Å². The van der Waals surface area contributed by atoms with E-state index in [0.717, 1.165) is 59.1 Å². The molecule has 4 aromatic rings. The second-order valence-electron chi connectivity index (χ2n) is 9.01. The number of hydrogen-bond donors (Lipinski definition) is 0. The Hall–Kier alpha value is -4.12. The Morgan fingerprint density at radius 2 is 1.67 bits per heavy atom. The average molecular weight is 479 g/mol. The van der Waals surface area contributed by atoms with E-state index in [1.165, 1.54) is 6.42 Å². The molecule has 0 aromatic heterocycles. The molecular formula is C31H30N2O3. The predicted octanol–water partition coefficient (Wildman–Crippen LogP) is 6.80. The molecule has 1 aliphatic rings. The molecule has 0 unspecified atom stereocenters. The SMILES string of the molecule is COc1cc(C=Nc2cccc3ccccc23)ccc1OCc1ccc(C(=O)N2CCCCC2)cc1. The van der Waals surface area contributed by atoms with E-state index < -0.39 is 0 Å². The summed E-state index contributed by atoms with van der Waals surface area (Å²) in [5.74, 6) is 1.42. The van der Waals surface area contributed by atoms with Crippen LogP contribution in [0, 0.1) is 0 Å². The zero-order valence-corrected chi connectivity index (χ0v) is 20.5. The van der Waals surface area contributed by atoms with Crippen LogP contribution < -0.4 is 9.47 Å². The van der Waals surface area contributed by atoms with Crippen molar-refractivity contribution in [1.82, 2.24) is 4.90 Å². The first-order valence-electron chi connectivity index (χ1n) is 12.4. The Morgan fingerprint density at radius 3 is 2.47 bits per heavy atom. The molecule has 5 rings (SSSR count).